The molecule has 0 heterocycles. The van der Waals surface area contributed by atoms with Gasteiger partial charge in [-0.1, -0.05) is 29.3 Å². The molecule has 0 aromatic heterocycles. The molecular weight excluding hydrogens is 492 g/mol. The van der Waals surface area contributed by atoms with Crippen molar-refractivity contribution in [1.82, 2.24) is 10.2 Å². The molecule has 0 aliphatic heterocycles. The maximum atomic E-state index is 13.3. The summed E-state index contributed by atoms with van der Waals surface area (Å²) in [5, 5.41) is 3.37. The first-order valence-corrected chi connectivity index (χ1v) is 12.7. The fourth-order valence-electron chi connectivity index (χ4n) is 3.04. The molecule has 0 spiro atoms. The summed E-state index contributed by atoms with van der Waals surface area (Å²) in [6.45, 7) is 4.54. The minimum absolute atomic E-state index is 0.0105. The van der Waals surface area contributed by atoms with Gasteiger partial charge in [0.05, 0.1) is 22.0 Å². The monoisotopic (exact) mass is 517 g/mol. The van der Waals surface area contributed by atoms with Crippen molar-refractivity contribution in [2.24, 2.45) is 0 Å². The lowest BCUT2D eigenvalue weighted by molar-refractivity contribution is -0.139. The lowest BCUT2D eigenvalue weighted by atomic mass is 10.1. The van der Waals surface area contributed by atoms with Crippen molar-refractivity contribution >= 4 is 50.7 Å². The topological polar surface area (TPSA) is 86.8 Å². The maximum absolute atomic E-state index is 13.3. The van der Waals surface area contributed by atoms with Gasteiger partial charge in [-0.05, 0) is 62.7 Å². The van der Waals surface area contributed by atoms with Gasteiger partial charge >= 0.3 is 0 Å². The van der Waals surface area contributed by atoms with Crippen LogP contribution in [0.2, 0.25) is 10.0 Å². The van der Waals surface area contributed by atoms with E-state index < -0.39 is 40.2 Å². The highest BCUT2D eigenvalue weighted by atomic mass is 35.5. The highest BCUT2D eigenvalue weighted by Crippen LogP contribution is 2.24. The number of carbonyl (C=O) groups excluding carboxylic acids is 2. The van der Waals surface area contributed by atoms with Crippen LogP contribution < -0.4 is 9.62 Å². The lowest BCUT2D eigenvalue weighted by Gasteiger charge is -2.32. The van der Waals surface area contributed by atoms with E-state index in [4.69, 9.17) is 23.2 Å². The van der Waals surface area contributed by atoms with E-state index in [1.807, 2.05) is 0 Å². The molecule has 0 fully saturated rings. The summed E-state index contributed by atoms with van der Waals surface area (Å²) in [5.74, 6) is -1.56. The van der Waals surface area contributed by atoms with Crippen molar-refractivity contribution in [3.63, 3.8) is 0 Å². The predicted octanol–water partition coefficient (Wildman–Crippen LogP) is 3.84. The Morgan fingerprint density at radius 3 is 2.15 bits per heavy atom. The van der Waals surface area contributed by atoms with Crippen LogP contribution in [0.1, 0.15) is 26.3 Å². The third-order valence-electron chi connectivity index (χ3n) is 4.73. The fourth-order valence-corrected chi connectivity index (χ4v) is 4.21. The first kappa shape index (κ1) is 26.9. The second-order valence-corrected chi connectivity index (χ2v) is 10.6. The van der Waals surface area contributed by atoms with Gasteiger partial charge in [-0.25, -0.2) is 12.8 Å². The van der Waals surface area contributed by atoms with Crippen molar-refractivity contribution in [3.05, 3.63) is 63.9 Å². The molecule has 33 heavy (non-hydrogen) atoms. The SMILES string of the molecule is CC(C)NC(=O)C(C)N(Cc1ccc(Cl)c(Cl)c1)C(=O)CN(c1ccc(F)cc1)S(C)(=O)=O. The van der Waals surface area contributed by atoms with Crippen LogP contribution in [0.4, 0.5) is 10.1 Å². The van der Waals surface area contributed by atoms with E-state index in [0.29, 0.717) is 10.6 Å². The lowest BCUT2D eigenvalue weighted by Crippen LogP contribution is -2.52. The fraction of sp³-hybridized carbons (Fsp3) is 0.364. The molecule has 0 saturated carbocycles. The third kappa shape index (κ3) is 7.58. The van der Waals surface area contributed by atoms with E-state index in [9.17, 15) is 22.4 Å². The summed E-state index contributed by atoms with van der Waals surface area (Å²) >= 11 is 12.1. The Balaban J connectivity index is 2.40. The zero-order valence-electron chi connectivity index (χ0n) is 18.7. The van der Waals surface area contributed by atoms with Crippen LogP contribution in [0.25, 0.3) is 0 Å². The number of carbonyl (C=O) groups is 2. The van der Waals surface area contributed by atoms with Crippen molar-refractivity contribution < 1.29 is 22.4 Å². The average Bonchev–Trinajstić information content (AvgIpc) is 2.71. The van der Waals surface area contributed by atoms with Crippen LogP contribution >= 0.6 is 23.2 Å². The van der Waals surface area contributed by atoms with Crippen LogP contribution in [0.5, 0.6) is 0 Å². The summed E-state index contributed by atoms with van der Waals surface area (Å²) in [6.07, 6.45) is 0.946. The summed E-state index contributed by atoms with van der Waals surface area (Å²) in [7, 11) is -3.89. The van der Waals surface area contributed by atoms with E-state index in [-0.39, 0.29) is 23.3 Å². The Labute approximate surface area is 203 Å². The second-order valence-electron chi connectivity index (χ2n) is 7.86. The van der Waals surface area contributed by atoms with Crippen LogP contribution in [-0.4, -0.2) is 50.0 Å². The normalized spacial score (nSPS) is 12.4. The molecule has 0 saturated heterocycles. The molecule has 0 bridgehead atoms. The Morgan fingerprint density at radius 1 is 1.03 bits per heavy atom. The van der Waals surface area contributed by atoms with E-state index in [1.54, 1.807) is 39.0 Å². The number of benzene rings is 2. The highest BCUT2D eigenvalue weighted by Gasteiger charge is 2.30. The molecule has 1 N–H and O–H groups in total. The second kappa shape index (κ2) is 11.2. The van der Waals surface area contributed by atoms with Crippen LogP contribution in [0.3, 0.4) is 0 Å². The quantitative estimate of drug-likeness (QED) is 0.547. The number of hydrogen-bond donors (Lipinski definition) is 1. The van der Waals surface area contributed by atoms with Gasteiger partial charge in [0.15, 0.2) is 0 Å². The Hall–Kier alpha value is -2.36. The van der Waals surface area contributed by atoms with Gasteiger partial charge in [-0.3, -0.25) is 13.9 Å². The Morgan fingerprint density at radius 2 is 1.64 bits per heavy atom. The first-order valence-electron chi connectivity index (χ1n) is 10.1. The summed E-state index contributed by atoms with van der Waals surface area (Å²) in [6, 6.07) is 8.47. The van der Waals surface area contributed by atoms with E-state index >= 15 is 0 Å². The molecule has 0 radical (unpaired) electrons. The first-order chi connectivity index (χ1) is 15.3. The highest BCUT2D eigenvalue weighted by molar-refractivity contribution is 7.92. The number of halogens is 3. The Kier molecular flexibility index (Phi) is 9.11. The van der Waals surface area contributed by atoms with Crippen molar-refractivity contribution in [1.29, 1.82) is 0 Å². The van der Waals surface area contributed by atoms with Crippen LogP contribution in [0.15, 0.2) is 42.5 Å². The zero-order chi connectivity index (χ0) is 24.9. The van der Waals surface area contributed by atoms with Crippen LogP contribution in [0, 0.1) is 5.82 Å². The minimum atomic E-state index is -3.89. The number of amides is 2. The van der Waals surface area contributed by atoms with Crippen LogP contribution in [-0.2, 0) is 26.2 Å². The van der Waals surface area contributed by atoms with Gasteiger partial charge in [0.1, 0.15) is 18.4 Å². The molecule has 0 aliphatic carbocycles. The van der Waals surface area contributed by atoms with Gasteiger partial charge in [-0.15, -0.1) is 0 Å². The molecule has 2 rings (SSSR count). The number of hydrogen-bond acceptors (Lipinski definition) is 4. The van der Waals surface area contributed by atoms with Crippen molar-refractivity contribution in [2.45, 2.75) is 39.4 Å². The van der Waals surface area contributed by atoms with Gasteiger partial charge in [0, 0.05) is 12.6 Å². The molecule has 2 aromatic carbocycles. The van der Waals surface area contributed by atoms with E-state index in [0.717, 1.165) is 22.7 Å². The molecule has 2 amide bonds. The van der Waals surface area contributed by atoms with Gasteiger partial charge in [-0.2, -0.15) is 0 Å². The number of sulfonamides is 1. The molecule has 1 unspecified atom stereocenters. The number of nitrogens with one attached hydrogen (secondary N) is 1. The molecule has 7 nitrogen and oxygen atoms in total. The zero-order valence-corrected chi connectivity index (χ0v) is 21.0. The molecule has 2 aromatic rings. The number of nitrogens with zero attached hydrogens (tertiary/aromatic N) is 2. The summed E-state index contributed by atoms with van der Waals surface area (Å²) in [5.41, 5.74) is 0.732. The number of rotatable bonds is 9. The van der Waals surface area contributed by atoms with Gasteiger partial charge in [0.25, 0.3) is 0 Å². The van der Waals surface area contributed by atoms with Gasteiger partial charge in [0.2, 0.25) is 21.8 Å². The molecule has 11 heteroatoms. The van der Waals surface area contributed by atoms with Crippen molar-refractivity contribution in [2.75, 3.05) is 17.1 Å². The molecule has 180 valence electrons. The number of anilines is 1. The smallest absolute Gasteiger partial charge is 0.244 e. The largest absolute Gasteiger partial charge is 0.352 e. The van der Waals surface area contributed by atoms with Crippen molar-refractivity contribution in [3.8, 4) is 0 Å². The molecule has 1 atom stereocenters. The summed E-state index contributed by atoms with van der Waals surface area (Å²) in [4.78, 5) is 27.3. The standard InChI is InChI=1S/C22H26Cl2FN3O4S/c1-14(2)26-22(30)15(3)27(12-16-5-10-19(23)20(24)11-16)21(29)13-28(33(4,31)32)18-8-6-17(25)7-9-18/h5-11,14-15H,12-13H2,1-4H3,(H,26,30). The van der Waals surface area contributed by atoms with Gasteiger partial charge < -0.3 is 10.2 Å². The van der Waals surface area contributed by atoms with E-state index in [1.165, 1.54) is 17.0 Å². The average molecular weight is 518 g/mol. The Bertz CT molecular complexity index is 1110. The summed E-state index contributed by atoms with van der Waals surface area (Å²) < 4.78 is 39.0. The third-order valence-corrected chi connectivity index (χ3v) is 6.61. The predicted molar refractivity (Wildman–Crippen MR) is 128 cm³/mol. The minimum Gasteiger partial charge on any atom is -0.352 e. The van der Waals surface area contributed by atoms with E-state index in [2.05, 4.69) is 5.32 Å². The maximum Gasteiger partial charge on any atom is 0.244 e. The molecular formula is C22H26Cl2FN3O4S. The molecule has 0 aliphatic rings.